The highest BCUT2D eigenvalue weighted by Gasteiger charge is 2.31. The molecule has 180 valence electrons. The summed E-state index contributed by atoms with van der Waals surface area (Å²) in [5, 5.41) is 2.78. The minimum Gasteiger partial charge on any atom is -0.483 e. The quantitative estimate of drug-likeness (QED) is 0.637. The number of hydrogen-bond acceptors (Lipinski definition) is 6. The van der Waals surface area contributed by atoms with Crippen LogP contribution in [0.5, 0.6) is 5.75 Å². The van der Waals surface area contributed by atoms with Gasteiger partial charge in [-0.3, -0.25) is 14.4 Å². The lowest BCUT2D eigenvalue weighted by atomic mass is 10.1. The van der Waals surface area contributed by atoms with Crippen LogP contribution < -0.4 is 20.7 Å². The number of benzene rings is 2. The molecule has 2 aromatic rings. The fraction of sp³-hybridized carbons (Fsp3) is 0.348. The smallest absolute Gasteiger partial charge is 0.265 e. The van der Waals surface area contributed by atoms with Crippen molar-refractivity contribution in [2.45, 2.75) is 37.1 Å². The normalized spacial score (nSPS) is 18.7. The number of carbonyl (C=O) groups excluding carboxylic acids is 3. The molecule has 0 bridgehead atoms. The Bertz CT molecular complexity index is 1240. The van der Waals surface area contributed by atoms with E-state index in [-0.39, 0.29) is 28.5 Å². The summed E-state index contributed by atoms with van der Waals surface area (Å²) in [7, 11) is -3.75. The average molecular weight is 487 g/mol. The number of nitrogens with zero attached hydrogens (tertiary/aromatic N) is 2. The van der Waals surface area contributed by atoms with Gasteiger partial charge in [0.15, 0.2) is 6.61 Å². The molecule has 0 saturated carbocycles. The topological polar surface area (TPSA) is 139 Å². The van der Waals surface area contributed by atoms with Crippen molar-refractivity contribution in [2.75, 3.05) is 29.9 Å². The van der Waals surface area contributed by atoms with Gasteiger partial charge in [-0.15, -0.1) is 0 Å². The molecule has 10 nitrogen and oxygen atoms in total. The van der Waals surface area contributed by atoms with E-state index in [1.54, 1.807) is 31.2 Å². The molecule has 0 spiro atoms. The lowest BCUT2D eigenvalue weighted by molar-refractivity contribution is -0.121. The minimum atomic E-state index is -3.75. The molecular weight excluding hydrogens is 460 g/mol. The van der Waals surface area contributed by atoms with E-state index in [9.17, 15) is 22.8 Å². The number of primary amides is 1. The van der Waals surface area contributed by atoms with E-state index in [4.69, 9.17) is 10.5 Å². The SMILES string of the molecule is C[C@H]1CC(=O)Nc2ccccc2N1C(=O)COc1ccc(S(=O)(=O)N2CCCC2)cc1C(N)=O. The van der Waals surface area contributed by atoms with E-state index in [0.717, 1.165) is 12.8 Å². The Morgan fingerprint density at radius 3 is 2.56 bits per heavy atom. The van der Waals surface area contributed by atoms with E-state index >= 15 is 0 Å². The van der Waals surface area contributed by atoms with Gasteiger partial charge in [0.2, 0.25) is 15.9 Å². The highest BCUT2D eigenvalue weighted by atomic mass is 32.2. The van der Waals surface area contributed by atoms with Crippen LogP contribution in [0.4, 0.5) is 11.4 Å². The molecule has 4 rings (SSSR count). The summed E-state index contributed by atoms with van der Waals surface area (Å²) in [4.78, 5) is 38.8. The molecule has 1 saturated heterocycles. The monoisotopic (exact) mass is 486 g/mol. The second kappa shape index (κ2) is 9.43. The summed E-state index contributed by atoms with van der Waals surface area (Å²) in [6.07, 6.45) is 1.67. The number of para-hydroxylation sites is 2. The van der Waals surface area contributed by atoms with Gasteiger partial charge in [0.1, 0.15) is 5.75 Å². The van der Waals surface area contributed by atoms with Crippen LogP contribution in [0.1, 0.15) is 36.5 Å². The Labute approximate surface area is 197 Å². The van der Waals surface area contributed by atoms with Crippen molar-refractivity contribution in [3.8, 4) is 5.75 Å². The third-order valence-electron chi connectivity index (χ3n) is 5.90. The third kappa shape index (κ3) is 4.62. The van der Waals surface area contributed by atoms with E-state index in [1.807, 2.05) is 0 Å². The number of anilines is 2. The minimum absolute atomic E-state index is 0.00573. The third-order valence-corrected chi connectivity index (χ3v) is 7.79. The molecule has 0 aliphatic carbocycles. The summed E-state index contributed by atoms with van der Waals surface area (Å²) < 4.78 is 32.7. The first-order valence-corrected chi connectivity index (χ1v) is 12.4. The predicted octanol–water partition coefficient (Wildman–Crippen LogP) is 1.71. The molecule has 2 aliphatic heterocycles. The van der Waals surface area contributed by atoms with E-state index < -0.39 is 34.5 Å². The van der Waals surface area contributed by atoms with Gasteiger partial charge in [-0.1, -0.05) is 12.1 Å². The number of rotatable bonds is 6. The van der Waals surface area contributed by atoms with Gasteiger partial charge < -0.3 is 20.7 Å². The van der Waals surface area contributed by atoms with Crippen LogP contribution in [-0.4, -0.2) is 56.2 Å². The number of sulfonamides is 1. The maximum Gasteiger partial charge on any atom is 0.265 e. The van der Waals surface area contributed by atoms with Crippen molar-refractivity contribution in [2.24, 2.45) is 5.73 Å². The number of nitrogens with one attached hydrogen (secondary N) is 1. The zero-order valence-electron chi connectivity index (χ0n) is 18.7. The molecule has 34 heavy (non-hydrogen) atoms. The van der Waals surface area contributed by atoms with Gasteiger partial charge >= 0.3 is 0 Å². The van der Waals surface area contributed by atoms with E-state index in [0.29, 0.717) is 24.5 Å². The lowest BCUT2D eigenvalue weighted by Crippen LogP contribution is -2.41. The molecule has 0 aromatic heterocycles. The van der Waals surface area contributed by atoms with E-state index in [1.165, 1.54) is 27.4 Å². The number of fused-ring (bicyclic) bond motifs is 1. The van der Waals surface area contributed by atoms with Crippen molar-refractivity contribution in [1.82, 2.24) is 4.31 Å². The maximum absolute atomic E-state index is 13.1. The lowest BCUT2D eigenvalue weighted by Gasteiger charge is -2.28. The van der Waals surface area contributed by atoms with Crippen LogP contribution in [0.3, 0.4) is 0 Å². The van der Waals surface area contributed by atoms with Gasteiger partial charge in [0.05, 0.1) is 21.8 Å². The second-order valence-electron chi connectivity index (χ2n) is 8.30. The van der Waals surface area contributed by atoms with Crippen LogP contribution in [0.2, 0.25) is 0 Å². The molecule has 2 heterocycles. The van der Waals surface area contributed by atoms with Crippen molar-refractivity contribution in [3.63, 3.8) is 0 Å². The van der Waals surface area contributed by atoms with Crippen LogP contribution in [0.15, 0.2) is 47.4 Å². The Balaban J connectivity index is 1.57. The number of carbonyl (C=O) groups is 3. The summed E-state index contributed by atoms with van der Waals surface area (Å²) in [6, 6.07) is 10.4. The van der Waals surface area contributed by atoms with Crippen molar-refractivity contribution >= 4 is 39.1 Å². The average Bonchev–Trinajstić information content (AvgIpc) is 3.30. The zero-order chi connectivity index (χ0) is 24.5. The first-order valence-electron chi connectivity index (χ1n) is 11.0. The summed E-state index contributed by atoms with van der Waals surface area (Å²) in [5.41, 5.74) is 6.40. The molecule has 11 heteroatoms. The fourth-order valence-corrected chi connectivity index (χ4v) is 5.79. The number of nitrogens with two attached hydrogens (primary N) is 1. The number of amides is 3. The summed E-state index contributed by atoms with van der Waals surface area (Å²) >= 11 is 0. The Morgan fingerprint density at radius 2 is 1.85 bits per heavy atom. The molecule has 1 fully saturated rings. The zero-order valence-corrected chi connectivity index (χ0v) is 19.5. The largest absolute Gasteiger partial charge is 0.483 e. The maximum atomic E-state index is 13.1. The predicted molar refractivity (Wildman–Crippen MR) is 125 cm³/mol. The van der Waals surface area contributed by atoms with Gasteiger partial charge in [-0.05, 0) is 50.1 Å². The number of ether oxygens (including phenoxy) is 1. The molecule has 2 aliphatic rings. The summed E-state index contributed by atoms with van der Waals surface area (Å²) in [5.74, 6) is -1.50. The molecule has 0 radical (unpaired) electrons. The Kier molecular flexibility index (Phi) is 6.58. The summed E-state index contributed by atoms with van der Waals surface area (Å²) in [6.45, 7) is 2.17. The molecule has 3 N–H and O–H groups in total. The van der Waals surface area contributed by atoms with Crippen molar-refractivity contribution in [3.05, 3.63) is 48.0 Å². The Morgan fingerprint density at radius 1 is 1.15 bits per heavy atom. The van der Waals surface area contributed by atoms with Crippen LogP contribution in [0, 0.1) is 0 Å². The highest BCUT2D eigenvalue weighted by molar-refractivity contribution is 7.89. The standard InChI is InChI=1S/C23H26N4O6S/c1-15-12-21(28)25-18-6-2-3-7-19(18)27(15)22(29)14-33-20-9-8-16(13-17(20)23(24)30)34(31,32)26-10-4-5-11-26/h2-3,6-9,13,15H,4-5,10-12,14H2,1H3,(H2,24,30)(H,25,28)/t15-/m0/s1. The first kappa shape index (κ1) is 23.7. The molecule has 2 aromatic carbocycles. The molecule has 1 atom stereocenters. The highest BCUT2D eigenvalue weighted by Crippen LogP contribution is 2.32. The second-order valence-corrected chi connectivity index (χ2v) is 10.2. The number of hydrogen-bond donors (Lipinski definition) is 2. The first-order chi connectivity index (χ1) is 16.2. The Hall–Kier alpha value is -3.44. The van der Waals surface area contributed by atoms with Crippen LogP contribution in [-0.2, 0) is 19.6 Å². The molecular formula is C23H26N4O6S. The van der Waals surface area contributed by atoms with Crippen LogP contribution >= 0.6 is 0 Å². The van der Waals surface area contributed by atoms with Gasteiger partial charge in [0, 0.05) is 25.6 Å². The van der Waals surface area contributed by atoms with Gasteiger partial charge in [0.25, 0.3) is 11.8 Å². The molecule has 3 amide bonds. The van der Waals surface area contributed by atoms with Crippen LogP contribution in [0.25, 0.3) is 0 Å². The van der Waals surface area contributed by atoms with Gasteiger partial charge in [-0.2, -0.15) is 4.31 Å². The fourth-order valence-electron chi connectivity index (χ4n) is 4.24. The van der Waals surface area contributed by atoms with E-state index in [2.05, 4.69) is 5.32 Å². The van der Waals surface area contributed by atoms with Crippen molar-refractivity contribution < 1.29 is 27.5 Å². The molecule has 0 unspecified atom stereocenters. The van der Waals surface area contributed by atoms with Crippen molar-refractivity contribution in [1.29, 1.82) is 0 Å². The van der Waals surface area contributed by atoms with Gasteiger partial charge in [-0.25, -0.2) is 8.42 Å².